The number of nitrogens with zero attached hydrogens (tertiary/aromatic N) is 3. The second-order valence-corrected chi connectivity index (χ2v) is 5.29. The highest BCUT2D eigenvalue weighted by atomic mass is 15.1. The molecule has 0 aromatic carbocycles. The molecule has 3 rings (SSSR count). The zero-order chi connectivity index (χ0) is 13.8. The Labute approximate surface area is 119 Å². The topological polar surface area (TPSA) is 54.8 Å². The summed E-state index contributed by atoms with van der Waals surface area (Å²) in [6.45, 7) is 5.26. The van der Waals surface area contributed by atoms with E-state index in [1.165, 1.54) is 12.8 Å². The number of hydrogen-bond donors (Lipinski definition) is 2. The molecular weight excluding hydrogens is 250 g/mol. The SMILES string of the molecule is Cc1nccn1-c1ncccc1NCC1CCNCC1. The number of anilines is 1. The predicted octanol–water partition coefficient (Wildman–Crippen LogP) is 1.99. The standard InChI is InChI=1S/C15H21N5/c1-12-17-9-10-20(12)15-14(3-2-6-18-15)19-11-13-4-7-16-8-5-13/h2-3,6,9-10,13,16,19H,4-5,7-8,11H2,1H3. The first-order valence-corrected chi connectivity index (χ1v) is 7.24. The molecule has 1 aliphatic rings. The average Bonchev–Trinajstić information content (AvgIpc) is 2.92. The molecule has 0 spiro atoms. The van der Waals surface area contributed by atoms with Crippen LogP contribution in [0.3, 0.4) is 0 Å². The number of rotatable bonds is 4. The lowest BCUT2D eigenvalue weighted by molar-refractivity contribution is 0.390. The summed E-state index contributed by atoms with van der Waals surface area (Å²) in [6.07, 6.45) is 8.07. The van der Waals surface area contributed by atoms with Crippen molar-refractivity contribution in [3.8, 4) is 5.82 Å². The van der Waals surface area contributed by atoms with Crippen LogP contribution in [0.2, 0.25) is 0 Å². The molecule has 2 aromatic rings. The van der Waals surface area contributed by atoms with Gasteiger partial charge in [-0.2, -0.15) is 0 Å². The van der Waals surface area contributed by atoms with Crippen LogP contribution < -0.4 is 10.6 Å². The van der Waals surface area contributed by atoms with Crippen molar-refractivity contribution < 1.29 is 0 Å². The molecular formula is C15H21N5. The van der Waals surface area contributed by atoms with Gasteiger partial charge >= 0.3 is 0 Å². The molecule has 0 saturated carbocycles. The van der Waals surface area contributed by atoms with E-state index in [0.717, 1.165) is 42.9 Å². The lowest BCUT2D eigenvalue weighted by atomic mass is 9.98. The van der Waals surface area contributed by atoms with Crippen LogP contribution in [0.25, 0.3) is 5.82 Å². The summed E-state index contributed by atoms with van der Waals surface area (Å²) in [5.74, 6) is 2.62. The van der Waals surface area contributed by atoms with Crippen LogP contribution in [0.1, 0.15) is 18.7 Å². The summed E-state index contributed by atoms with van der Waals surface area (Å²) in [5.41, 5.74) is 1.08. The first kappa shape index (κ1) is 13.1. The second-order valence-electron chi connectivity index (χ2n) is 5.29. The summed E-state index contributed by atoms with van der Waals surface area (Å²) in [4.78, 5) is 8.76. The summed E-state index contributed by atoms with van der Waals surface area (Å²) in [6, 6.07) is 4.06. The molecule has 0 amide bonds. The van der Waals surface area contributed by atoms with Gasteiger partial charge in [0, 0.05) is 25.1 Å². The van der Waals surface area contributed by atoms with Gasteiger partial charge in [0.2, 0.25) is 0 Å². The van der Waals surface area contributed by atoms with E-state index in [0.29, 0.717) is 0 Å². The van der Waals surface area contributed by atoms with Gasteiger partial charge in [-0.1, -0.05) is 0 Å². The van der Waals surface area contributed by atoms with E-state index in [4.69, 9.17) is 0 Å². The Morgan fingerprint density at radius 2 is 2.15 bits per heavy atom. The number of pyridine rings is 1. The Balaban J connectivity index is 1.74. The molecule has 5 nitrogen and oxygen atoms in total. The maximum Gasteiger partial charge on any atom is 0.161 e. The van der Waals surface area contributed by atoms with Crippen LogP contribution in [0, 0.1) is 12.8 Å². The fourth-order valence-corrected chi connectivity index (χ4v) is 2.67. The van der Waals surface area contributed by atoms with Crippen molar-refractivity contribution in [2.24, 2.45) is 5.92 Å². The van der Waals surface area contributed by atoms with Crippen molar-refractivity contribution in [2.45, 2.75) is 19.8 Å². The number of nitrogens with one attached hydrogen (secondary N) is 2. The van der Waals surface area contributed by atoms with Gasteiger partial charge in [0.1, 0.15) is 5.82 Å². The molecule has 0 aliphatic carbocycles. The molecule has 20 heavy (non-hydrogen) atoms. The largest absolute Gasteiger partial charge is 0.382 e. The smallest absolute Gasteiger partial charge is 0.161 e. The van der Waals surface area contributed by atoms with E-state index in [1.54, 1.807) is 6.20 Å². The fourth-order valence-electron chi connectivity index (χ4n) is 2.67. The highest BCUT2D eigenvalue weighted by Gasteiger charge is 2.14. The van der Waals surface area contributed by atoms with E-state index in [-0.39, 0.29) is 0 Å². The molecule has 0 radical (unpaired) electrons. The monoisotopic (exact) mass is 271 g/mol. The van der Waals surface area contributed by atoms with Gasteiger partial charge in [-0.15, -0.1) is 0 Å². The summed E-state index contributed by atoms with van der Waals surface area (Å²) in [5, 5.41) is 6.96. The quantitative estimate of drug-likeness (QED) is 0.893. The van der Waals surface area contributed by atoms with Gasteiger partial charge in [-0.05, 0) is 50.9 Å². The zero-order valence-corrected chi connectivity index (χ0v) is 11.8. The highest BCUT2D eigenvalue weighted by Crippen LogP contribution is 2.20. The van der Waals surface area contributed by atoms with Crippen LogP contribution >= 0.6 is 0 Å². The van der Waals surface area contributed by atoms with Gasteiger partial charge in [0.15, 0.2) is 5.82 Å². The van der Waals surface area contributed by atoms with Gasteiger partial charge in [-0.25, -0.2) is 9.97 Å². The lowest BCUT2D eigenvalue weighted by Crippen LogP contribution is -2.31. The van der Waals surface area contributed by atoms with Crippen molar-refractivity contribution in [3.63, 3.8) is 0 Å². The minimum absolute atomic E-state index is 0.744. The summed E-state index contributed by atoms with van der Waals surface area (Å²) < 4.78 is 2.02. The molecule has 2 aromatic heterocycles. The Kier molecular flexibility index (Phi) is 3.97. The Morgan fingerprint density at radius 3 is 2.90 bits per heavy atom. The highest BCUT2D eigenvalue weighted by molar-refractivity contribution is 5.57. The van der Waals surface area contributed by atoms with E-state index >= 15 is 0 Å². The van der Waals surface area contributed by atoms with Crippen LogP contribution in [0.5, 0.6) is 0 Å². The summed E-state index contributed by atoms with van der Waals surface area (Å²) in [7, 11) is 0. The Morgan fingerprint density at radius 1 is 1.30 bits per heavy atom. The van der Waals surface area contributed by atoms with Crippen LogP contribution in [-0.2, 0) is 0 Å². The maximum atomic E-state index is 4.49. The molecule has 1 aliphatic heterocycles. The first-order valence-electron chi connectivity index (χ1n) is 7.24. The second kappa shape index (κ2) is 6.05. The lowest BCUT2D eigenvalue weighted by Gasteiger charge is -2.23. The Hall–Kier alpha value is -1.88. The summed E-state index contributed by atoms with van der Waals surface area (Å²) >= 11 is 0. The zero-order valence-electron chi connectivity index (χ0n) is 11.8. The first-order chi connectivity index (χ1) is 9.84. The van der Waals surface area contributed by atoms with Crippen molar-refractivity contribution in [3.05, 3.63) is 36.5 Å². The average molecular weight is 271 g/mol. The van der Waals surface area contributed by atoms with E-state index in [1.807, 2.05) is 30.0 Å². The predicted molar refractivity (Wildman–Crippen MR) is 80.2 cm³/mol. The van der Waals surface area contributed by atoms with Gasteiger partial charge < -0.3 is 10.6 Å². The molecule has 0 unspecified atom stereocenters. The number of hydrogen-bond acceptors (Lipinski definition) is 4. The molecule has 0 bridgehead atoms. The van der Waals surface area contributed by atoms with Gasteiger partial charge in [0.05, 0.1) is 5.69 Å². The van der Waals surface area contributed by atoms with E-state index in [2.05, 4.69) is 26.7 Å². The van der Waals surface area contributed by atoms with E-state index < -0.39 is 0 Å². The van der Waals surface area contributed by atoms with Crippen molar-refractivity contribution in [2.75, 3.05) is 25.0 Å². The molecule has 3 heterocycles. The number of imidazole rings is 1. The van der Waals surface area contributed by atoms with Gasteiger partial charge in [0.25, 0.3) is 0 Å². The maximum absolute atomic E-state index is 4.49. The van der Waals surface area contributed by atoms with Gasteiger partial charge in [-0.3, -0.25) is 4.57 Å². The third kappa shape index (κ3) is 2.82. The third-order valence-corrected chi connectivity index (χ3v) is 3.88. The molecule has 0 atom stereocenters. The molecule has 106 valence electrons. The normalized spacial score (nSPS) is 16.2. The van der Waals surface area contributed by atoms with Crippen molar-refractivity contribution in [1.29, 1.82) is 0 Å². The van der Waals surface area contributed by atoms with Crippen molar-refractivity contribution in [1.82, 2.24) is 19.9 Å². The number of aryl methyl sites for hydroxylation is 1. The van der Waals surface area contributed by atoms with Crippen LogP contribution in [-0.4, -0.2) is 34.2 Å². The minimum atomic E-state index is 0.744. The van der Waals surface area contributed by atoms with E-state index in [9.17, 15) is 0 Å². The minimum Gasteiger partial charge on any atom is -0.382 e. The Bertz CT molecular complexity index is 557. The molecule has 1 saturated heterocycles. The molecule has 1 fully saturated rings. The van der Waals surface area contributed by atoms with Crippen molar-refractivity contribution >= 4 is 5.69 Å². The fraction of sp³-hybridized carbons (Fsp3) is 0.467. The third-order valence-electron chi connectivity index (χ3n) is 3.88. The number of aromatic nitrogens is 3. The molecule has 2 N–H and O–H groups in total. The van der Waals surface area contributed by atoms with Crippen LogP contribution in [0.4, 0.5) is 5.69 Å². The van der Waals surface area contributed by atoms with Crippen LogP contribution in [0.15, 0.2) is 30.7 Å². The number of piperidine rings is 1. The molecule has 5 heteroatoms.